The van der Waals surface area contributed by atoms with Crippen molar-refractivity contribution in [3.8, 4) is 0 Å². The van der Waals surface area contributed by atoms with Gasteiger partial charge < -0.3 is 30.3 Å². The number of phosphoric acid groups is 1. The van der Waals surface area contributed by atoms with Crippen molar-refractivity contribution in [1.29, 1.82) is 0 Å². The third kappa shape index (κ3) is 43.4. The largest absolute Gasteiger partial charge is 0.480 e. The summed E-state index contributed by atoms with van der Waals surface area (Å²) in [6, 6.07) is -1.55. The number of esters is 2. The SMILES string of the molecule is CC/C=C\C/C=C\C/C=C\C/C=C\C=C/C(O)C/C=C\CCC(=O)OC[C@H](COP(=O)(O)OC[C@H](N)C(=O)O)OC(=O)CCCCCCCCCCC/C=C\C/C=C\CCCCC. The molecular weight excluding hydrogens is 822 g/mol. The lowest BCUT2D eigenvalue weighted by Gasteiger charge is -2.20. The lowest BCUT2D eigenvalue weighted by Crippen LogP contribution is -2.34. The number of aliphatic hydroxyl groups is 1. The number of hydrogen-bond acceptors (Lipinski definition) is 10. The number of unbranched alkanes of at least 4 members (excludes halogenated alkanes) is 12. The van der Waals surface area contributed by atoms with Gasteiger partial charge in [-0.1, -0.05) is 169 Å². The first-order chi connectivity index (χ1) is 30.5. The van der Waals surface area contributed by atoms with E-state index in [4.69, 9.17) is 24.8 Å². The Balaban J connectivity index is 4.54. The van der Waals surface area contributed by atoms with Crippen molar-refractivity contribution in [2.45, 2.75) is 180 Å². The van der Waals surface area contributed by atoms with Gasteiger partial charge in [0, 0.05) is 12.8 Å². The quantitative estimate of drug-likeness (QED) is 0.0149. The zero-order valence-corrected chi connectivity index (χ0v) is 39.4. The number of phosphoric ester groups is 1. The summed E-state index contributed by atoms with van der Waals surface area (Å²) in [7, 11) is -4.77. The van der Waals surface area contributed by atoms with Crippen LogP contribution in [-0.4, -0.2) is 71.1 Å². The summed E-state index contributed by atoms with van der Waals surface area (Å²) in [5.41, 5.74) is 5.33. The van der Waals surface area contributed by atoms with Gasteiger partial charge in [-0.3, -0.25) is 23.4 Å². The summed E-state index contributed by atoms with van der Waals surface area (Å²) in [5.74, 6) is -2.60. The van der Waals surface area contributed by atoms with Crippen LogP contribution in [0.5, 0.6) is 0 Å². The average molecular weight is 904 g/mol. The lowest BCUT2D eigenvalue weighted by molar-refractivity contribution is -0.161. The van der Waals surface area contributed by atoms with Gasteiger partial charge in [-0.25, -0.2) is 4.57 Å². The van der Waals surface area contributed by atoms with Crippen molar-refractivity contribution < 1.29 is 52.6 Å². The van der Waals surface area contributed by atoms with Gasteiger partial charge in [0.25, 0.3) is 0 Å². The Morgan fingerprint density at radius 2 is 1.11 bits per heavy atom. The minimum Gasteiger partial charge on any atom is -0.480 e. The molecule has 0 aromatic heterocycles. The van der Waals surface area contributed by atoms with Crippen LogP contribution >= 0.6 is 7.82 Å². The van der Waals surface area contributed by atoms with E-state index in [1.165, 1.54) is 51.4 Å². The molecule has 5 N–H and O–H groups in total. The number of allylic oxidation sites excluding steroid dienone is 14. The summed E-state index contributed by atoms with van der Waals surface area (Å²) < 4.78 is 32.6. The number of carboxylic acids is 1. The highest BCUT2D eigenvalue weighted by atomic mass is 31.2. The summed E-state index contributed by atoms with van der Waals surface area (Å²) in [6.45, 7) is 2.47. The van der Waals surface area contributed by atoms with E-state index >= 15 is 0 Å². The highest BCUT2D eigenvalue weighted by molar-refractivity contribution is 7.47. The minimum atomic E-state index is -4.77. The van der Waals surface area contributed by atoms with Gasteiger partial charge in [-0.2, -0.15) is 0 Å². The number of rotatable bonds is 42. The van der Waals surface area contributed by atoms with Gasteiger partial charge in [0.05, 0.1) is 19.3 Å². The summed E-state index contributed by atoms with van der Waals surface area (Å²) in [5, 5.41) is 19.1. The number of hydrogen-bond donors (Lipinski definition) is 4. The van der Waals surface area contributed by atoms with Crippen LogP contribution in [0.4, 0.5) is 0 Å². The molecule has 0 fully saturated rings. The molecule has 4 atom stereocenters. The molecule has 0 spiro atoms. The first-order valence-corrected chi connectivity index (χ1v) is 24.9. The molecule has 0 saturated carbocycles. The lowest BCUT2D eigenvalue weighted by atomic mass is 10.1. The predicted octanol–water partition coefficient (Wildman–Crippen LogP) is 11.8. The second-order valence-electron chi connectivity index (χ2n) is 15.4. The molecule has 0 amide bonds. The summed E-state index contributed by atoms with van der Waals surface area (Å²) in [6.07, 6.45) is 52.1. The Labute approximate surface area is 379 Å². The van der Waals surface area contributed by atoms with Crippen LogP contribution in [0.25, 0.3) is 0 Å². The molecule has 0 bridgehead atoms. The van der Waals surface area contributed by atoms with Crippen LogP contribution in [0.1, 0.15) is 162 Å². The smallest absolute Gasteiger partial charge is 0.472 e. The molecule has 0 aromatic rings. The van der Waals surface area contributed by atoms with E-state index in [0.717, 1.165) is 64.2 Å². The minimum absolute atomic E-state index is 0.00922. The molecule has 358 valence electrons. The van der Waals surface area contributed by atoms with Gasteiger partial charge in [-0.15, -0.1) is 0 Å². The Morgan fingerprint density at radius 3 is 1.71 bits per heavy atom. The van der Waals surface area contributed by atoms with Crippen molar-refractivity contribution in [3.05, 3.63) is 97.2 Å². The maximum absolute atomic E-state index is 12.7. The molecule has 0 aliphatic carbocycles. The maximum atomic E-state index is 12.7. The number of aliphatic hydroxyl groups excluding tert-OH is 1. The van der Waals surface area contributed by atoms with E-state index < -0.39 is 63.8 Å². The van der Waals surface area contributed by atoms with Gasteiger partial charge in [-0.05, 0) is 77.0 Å². The first kappa shape index (κ1) is 59.4. The molecule has 0 rings (SSSR count). The Bertz CT molecular complexity index is 1450. The molecule has 0 aliphatic rings. The Hall–Kier alpha value is -3.64. The molecule has 0 radical (unpaired) electrons. The monoisotopic (exact) mass is 904 g/mol. The molecule has 0 aliphatic heterocycles. The van der Waals surface area contributed by atoms with Gasteiger partial charge in [0.15, 0.2) is 6.10 Å². The molecule has 63 heavy (non-hydrogen) atoms. The van der Waals surface area contributed by atoms with Gasteiger partial charge in [0.1, 0.15) is 12.6 Å². The average Bonchev–Trinajstić information content (AvgIpc) is 3.26. The number of aliphatic carboxylic acids is 1. The number of carboxylic acid groups (broad SMARTS) is 1. The van der Waals surface area contributed by atoms with Crippen LogP contribution in [-0.2, 0) is 37.5 Å². The molecular formula is C50H82NO11P. The summed E-state index contributed by atoms with van der Waals surface area (Å²) >= 11 is 0. The van der Waals surface area contributed by atoms with Crippen molar-refractivity contribution in [2.75, 3.05) is 19.8 Å². The molecule has 12 nitrogen and oxygen atoms in total. The molecule has 13 heteroatoms. The van der Waals surface area contributed by atoms with Crippen molar-refractivity contribution in [3.63, 3.8) is 0 Å². The fourth-order valence-electron chi connectivity index (χ4n) is 5.73. The van der Waals surface area contributed by atoms with Crippen LogP contribution in [0.2, 0.25) is 0 Å². The maximum Gasteiger partial charge on any atom is 0.472 e. The van der Waals surface area contributed by atoms with E-state index in [0.29, 0.717) is 19.3 Å². The second-order valence-corrected chi connectivity index (χ2v) is 16.8. The Morgan fingerprint density at radius 1 is 0.587 bits per heavy atom. The third-order valence-electron chi connectivity index (χ3n) is 9.41. The first-order valence-electron chi connectivity index (χ1n) is 23.4. The molecule has 0 saturated heterocycles. The van der Waals surface area contributed by atoms with Crippen molar-refractivity contribution in [2.24, 2.45) is 5.73 Å². The van der Waals surface area contributed by atoms with E-state index in [-0.39, 0.29) is 12.8 Å². The number of ether oxygens (including phenoxy) is 2. The Kier molecular flexibility index (Phi) is 41.1. The highest BCUT2D eigenvalue weighted by Gasteiger charge is 2.28. The normalized spacial score (nSPS) is 15.0. The zero-order valence-electron chi connectivity index (χ0n) is 38.5. The van der Waals surface area contributed by atoms with E-state index in [9.17, 15) is 28.9 Å². The van der Waals surface area contributed by atoms with Crippen molar-refractivity contribution in [1.82, 2.24) is 0 Å². The van der Waals surface area contributed by atoms with Crippen LogP contribution in [0.3, 0.4) is 0 Å². The molecule has 0 aromatic carbocycles. The fraction of sp³-hybridized carbons (Fsp3) is 0.620. The standard InChI is InChI=1S/C50H82NO11P/c1-3-5-7-9-11-13-15-17-18-19-20-21-22-24-26-28-30-32-36-41-49(54)62-46(43-60-63(57,58)61-44-47(51)50(55)56)42-59-48(53)40-37-33-35-39-45(52)38-34-31-29-27-25-23-16-14-12-10-8-6-4-2/h6,8,11-14,17-18,23,25,29,31,33-35,38,45-47,52H,3-5,7,9-10,15-16,19-22,24,26-28,30,32,36-37,39-44,51H2,1-2H3,(H,55,56)(H,57,58)/b8-6-,13-11-,14-12-,18-17-,25-23-,31-29-,35-33-,38-34-/t45?,46-,47+/m1/s1. The van der Waals surface area contributed by atoms with Crippen LogP contribution in [0, 0.1) is 0 Å². The number of nitrogens with two attached hydrogens (primary N) is 1. The highest BCUT2D eigenvalue weighted by Crippen LogP contribution is 2.43. The second kappa shape index (κ2) is 43.6. The van der Waals surface area contributed by atoms with Crippen molar-refractivity contribution >= 4 is 25.7 Å². The number of carbonyl (C=O) groups excluding carboxylic acids is 2. The third-order valence-corrected chi connectivity index (χ3v) is 10.4. The summed E-state index contributed by atoms with van der Waals surface area (Å²) in [4.78, 5) is 46.1. The van der Waals surface area contributed by atoms with Crippen LogP contribution in [0.15, 0.2) is 97.2 Å². The molecule has 0 heterocycles. The number of carbonyl (C=O) groups is 3. The van der Waals surface area contributed by atoms with E-state index in [1.807, 2.05) is 12.2 Å². The van der Waals surface area contributed by atoms with Gasteiger partial charge in [0.2, 0.25) is 0 Å². The zero-order chi connectivity index (χ0) is 46.5. The topological polar surface area (TPSA) is 192 Å². The fourth-order valence-corrected chi connectivity index (χ4v) is 6.51. The van der Waals surface area contributed by atoms with E-state index in [2.05, 4.69) is 79.1 Å². The van der Waals surface area contributed by atoms with Crippen LogP contribution < -0.4 is 5.73 Å². The van der Waals surface area contributed by atoms with E-state index in [1.54, 1.807) is 24.3 Å². The predicted molar refractivity (Wildman–Crippen MR) is 255 cm³/mol. The molecule has 2 unspecified atom stereocenters. The van der Waals surface area contributed by atoms with Gasteiger partial charge >= 0.3 is 25.7 Å².